The van der Waals surface area contributed by atoms with E-state index in [4.69, 9.17) is 9.47 Å². The van der Waals surface area contributed by atoms with Crippen molar-refractivity contribution in [2.75, 3.05) is 13.2 Å². The molecule has 1 spiro atoms. The lowest BCUT2D eigenvalue weighted by atomic mass is 9.77. The first-order chi connectivity index (χ1) is 22.4. The highest BCUT2D eigenvalue weighted by Crippen LogP contribution is 2.59. The van der Waals surface area contributed by atoms with E-state index in [-0.39, 0.29) is 58.7 Å². The molecule has 4 heterocycles. The van der Waals surface area contributed by atoms with Crippen molar-refractivity contribution < 1.29 is 41.7 Å². The van der Waals surface area contributed by atoms with Crippen LogP contribution in [0.1, 0.15) is 46.4 Å². The van der Waals surface area contributed by atoms with Gasteiger partial charge in [0.15, 0.2) is 0 Å². The number of aliphatic hydroxyl groups is 1. The van der Waals surface area contributed by atoms with E-state index < -0.39 is 41.2 Å². The van der Waals surface area contributed by atoms with Gasteiger partial charge in [0.2, 0.25) is 11.5 Å². The highest BCUT2D eigenvalue weighted by Gasteiger charge is 2.68. The monoisotopic (exact) mass is 648 g/mol. The number of carbonyl (C=O) groups excluding carboxylic acids is 2. The number of benzene rings is 2. The topological polar surface area (TPSA) is 123 Å². The molecule has 1 saturated heterocycles. The van der Waals surface area contributed by atoms with E-state index >= 15 is 0 Å². The molecule has 2 aliphatic heterocycles. The van der Waals surface area contributed by atoms with Gasteiger partial charge in [-0.05, 0) is 80.3 Å². The lowest BCUT2D eigenvalue weighted by molar-refractivity contribution is -0.265. The van der Waals surface area contributed by atoms with Crippen molar-refractivity contribution in [1.29, 1.82) is 0 Å². The maximum atomic E-state index is 14.9. The number of ether oxygens (including phenoxy) is 2. The fraction of sp³-hybridized carbons (Fsp3) is 0.353. The number of hydrogen-bond donors (Lipinski definition) is 3. The maximum absolute atomic E-state index is 14.9. The third-order valence-corrected chi connectivity index (χ3v) is 9.52. The zero-order valence-corrected chi connectivity index (χ0v) is 25.0. The molecule has 2 amide bonds. The summed E-state index contributed by atoms with van der Waals surface area (Å²) in [5, 5.41) is 17.2. The Morgan fingerprint density at radius 3 is 2.62 bits per heavy atom. The Labute approximate surface area is 265 Å². The summed E-state index contributed by atoms with van der Waals surface area (Å²) in [6.07, 6.45) is -1.39. The highest BCUT2D eigenvalue weighted by molar-refractivity contribution is 6.00. The van der Waals surface area contributed by atoms with Crippen LogP contribution in [-0.4, -0.2) is 58.4 Å². The molecule has 2 aromatic heterocycles. The molecule has 2 aliphatic carbocycles. The summed E-state index contributed by atoms with van der Waals surface area (Å²) in [6, 6.07) is 10.6. The van der Waals surface area contributed by atoms with Gasteiger partial charge < -0.3 is 25.2 Å². The summed E-state index contributed by atoms with van der Waals surface area (Å²) < 4.78 is 70.6. The number of nitrogens with one attached hydrogen (secondary N) is 2. The molecular weight excluding hydrogens is 620 g/mol. The molecule has 8 rings (SSSR count). The van der Waals surface area contributed by atoms with Crippen molar-refractivity contribution in [3.05, 3.63) is 82.9 Å². The molecule has 2 saturated carbocycles. The number of carbonyl (C=O) groups is 2. The van der Waals surface area contributed by atoms with Crippen molar-refractivity contribution in [2.45, 2.75) is 55.5 Å². The number of aryl methyl sites for hydroxylation is 1. The first-order valence-electron chi connectivity index (χ1n) is 15.3. The largest absolute Gasteiger partial charge is 0.489 e. The van der Waals surface area contributed by atoms with Crippen molar-refractivity contribution >= 4 is 22.7 Å². The van der Waals surface area contributed by atoms with Gasteiger partial charge in [-0.1, -0.05) is 0 Å². The molecule has 3 fully saturated rings. The fourth-order valence-electron chi connectivity index (χ4n) is 6.71. The number of hydrogen-bond acceptors (Lipinski definition) is 7. The van der Waals surface area contributed by atoms with Crippen LogP contribution in [0.2, 0.25) is 0 Å². The van der Waals surface area contributed by atoms with Gasteiger partial charge >= 0.3 is 6.18 Å². The Hall–Kier alpha value is -4.78. The van der Waals surface area contributed by atoms with Crippen molar-refractivity contribution in [2.24, 2.45) is 5.92 Å². The van der Waals surface area contributed by atoms with Gasteiger partial charge in [0.05, 0.1) is 18.3 Å². The van der Waals surface area contributed by atoms with Crippen LogP contribution in [0.3, 0.4) is 0 Å². The maximum Gasteiger partial charge on any atom is 0.424 e. The van der Waals surface area contributed by atoms with E-state index in [0.29, 0.717) is 23.1 Å². The number of amides is 2. The summed E-state index contributed by atoms with van der Waals surface area (Å²) in [5.41, 5.74) is -4.12. The van der Waals surface area contributed by atoms with E-state index in [1.165, 1.54) is 24.3 Å². The van der Waals surface area contributed by atoms with Gasteiger partial charge in [-0.15, -0.1) is 0 Å². The first kappa shape index (κ1) is 29.6. The number of alkyl halides is 3. The van der Waals surface area contributed by atoms with Crippen LogP contribution in [-0.2, 0) is 15.8 Å². The smallest absolute Gasteiger partial charge is 0.424 e. The molecule has 0 radical (unpaired) electrons. The van der Waals surface area contributed by atoms with Gasteiger partial charge in [-0.2, -0.15) is 13.2 Å². The molecule has 0 bridgehead atoms. The molecule has 4 aromatic rings. The van der Waals surface area contributed by atoms with Crippen molar-refractivity contribution in [3.63, 3.8) is 0 Å². The lowest BCUT2D eigenvalue weighted by Crippen LogP contribution is -2.52. The van der Waals surface area contributed by atoms with Crippen LogP contribution in [0.4, 0.5) is 17.6 Å². The van der Waals surface area contributed by atoms with Crippen LogP contribution >= 0.6 is 0 Å². The minimum Gasteiger partial charge on any atom is -0.489 e. The Bertz CT molecular complexity index is 1980. The van der Waals surface area contributed by atoms with E-state index in [9.17, 15) is 32.3 Å². The summed E-state index contributed by atoms with van der Waals surface area (Å²) in [7, 11) is 0. The summed E-state index contributed by atoms with van der Waals surface area (Å²) in [5.74, 6) is -1.61. The average Bonchev–Trinajstić information content (AvgIpc) is 3.95. The van der Waals surface area contributed by atoms with Gasteiger partial charge in [0.1, 0.15) is 40.5 Å². The molecule has 2 unspecified atom stereocenters. The Morgan fingerprint density at radius 2 is 1.94 bits per heavy atom. The second-order valence-corrected chi connectivity index (χ2v) is 12.8. The van der Waals surface area contributed by atoms with E-state index in [0.717, 1.165) is 36.6 Å². The van der Waals surface area contributed by atoms with E-state index in [1.54, 1.807) is 12.3 Å². The average molecular weight is 649 g/mol. The van der Waals surface area contributed by atoms with Gasteiger partial charge in [0.25, 0.3) is 5.91 Å². The normalized spacial score (nSPS) is 23.9. The molecular formula is C34H28F4N4O5. The molecule has 4 aliphatic rings. The number of pyridine rings is 2. The molecule has 9 nitrogen and oxygen atoms in total. The number of rotatable bonds is 7. The third kappa shape index (κ3) is 4.69. The van der Waals surface area contributed by atoms with Gasteiger partial charge in [-0.3, -0.25) is 14.6 Å². The Balaban J connectivity index is 1.19. The van der Waals surface area contributed by atoms with Crippen molar-refractivity contribution in [3.8, 4) is 22.8 Å². The minimum atomic E-state index is -5.32. The molecule has 4 atom stereocenters. The fourth-order valence-corrected chi connectivity index (χ4v) is 6.71. The number of piperidine rings is 1. The summed E-state index contributed by atoms with van der Waals surface area (Å²) in [6.45, 7) is 0.415. The molecule has 242 valence electrons. The standard InChI is InChI=1S/C34H28F4N4O5/c1-16-8-18-9-19(10-25(27(18)39-13-16)47-21-6-7-21)30(43)40-14-33(45,34(36,37)38)26-12-23-29(28(42-26)17-2-4-20(35)5-3-17)46-15-32(23)22-11-24(22)41-31(32)44/h2-5,8-10,12-13,21-22,24,45H,6-7,11,14-15H2,1H3,(H,40,43)(H,41,44)/t22?,24-,32-,33?/m1/s1. The number of fused-ring (bicyclic) bond motifs is 5. The predicted molar refractivity (Wildman–Crippen MR) is 159 cm³/mol. The second kappa shape index (κ2) is 10.1. The van der Waals surface area contributed by atoms with Crippen LogP contribution in [0.15, 0.2) is 54.7 Å². The van der Waals surface area contributed by atoms with Crippen molar-refractivity contribution in [1.82, 2.24) is 20.6 Å². The number of nitrogens with zero attached hydrogens (tertiary/aromatic N) is 2. The first-order valence-corrected chi connectivity index (χ1v) is 15.3. The van der Waals surface area contributed by atoms with Gasteiger partial charge in [0, 0.05) is 40.2 Å². The van der Waals surface area contributed by atoms with Gasteiger partial charge in [-0.25, -0.2) is 9.37 Å². The SMILES string of the molecule is Cc1cnc2c(OC3CC3)cc(C(=O)NCC(O)(c3cc4c(c(-c5ccc(F)cc5)n3)OC[C@]43C(=O)N[C@@H]4CC43)C(F)(F)F)cc2c1. The zero-order valence-electron chi connectivity index (χ0n) is 25.0. The molecule has 13 heteroatoms. The van der Waals surface area contributed by atoms with Crippen LogP contribution in [0, 0.1) is 18.7 Å². The number of halogens is 4. The Morgan fingerprint density at radius 1 is 1.17 bits per heavy atom. The highest BCUT2D eigenvalue weighted by atomic mass is 19.4. The van der Waals surface area contributed by atoms with E-state index in [1.807, 2.05) is 6.92 Å². The summed E-state index contributed by atoms with van der Waals surface area (Å²) in [4.78, 5) is 35.3. The molecule has 47 heavy (non-hydrogen) atoms. The predicted octanol–water partition coefficient (Wildman–Crippen LogP) is 4.61. The third-order valence-electron chi connectivity index (χ3n) is 9.52. The van der Waals surface area contributed by atoms with Crippen LogP contribution < -0.4 is 20.1 Å². The molecule has 2 aromatic carbocycles. The van der Waals surface area contributed by atoms with Crippen LogP contribution in [0.25, 0.3) is 22.2 Å². The number of aromatic nitrogens is 2. The van der Waals surface area contributed by atoms with E-state index in [2.05, 4.69) is 20.6 Å². The Kier molecular flexibility index (Phi) is 6.37. The lowest BCUT2D eigenvalue weighted by Gasteiger charge is -2.31. The second-order valence-electron chi connectivity index (χ2n) is 12.8. The summed E-state index contributed by atoms with van der Waals surface area (Å²) >= 11 is 0. The quantitative estimate of drug-likeness (QED) is 0.250. The molecule has 3 N–H and O–H groups in total. The van der Waals surface area contributed by atoms with Crippen LogP contribution in [0.5, 0.6) is 11.5 Å². The minimum absolute atomic E-state index is 0.0220. The zero-order chi connectivity index (χ0) is 32.9.